The van der Waals surface area contributed by atoms with Gasteiger partial charge in [0.05, 0.1) is 12.8 Å². The van der Waals surface area contributed by atoms with Gasteiger partial charge in [0.25, 0.3) is 0 Å². The average molecular weight is 562 g/mol. The van der Waals surface area contributed by atoms with Crippen molar-refractivity contribution in [3.05, 3.63) is 63.1 Å². The first-order valence-corrected chi connectivity index (χ1v) is 14.2. The minimum atomic E-state index is -1.24. The van der Waals surface area contributed by atoms with E-state index < -0.39 is 5.67 Å². The number of rotatable bonds is 9. The number of halogens is 1. The summed E-state index contributed by atoms with van der Waals surface area (Å²) < 4.78 is 27.5. The van der Waals surface area contributed by atoms with Gasteiger partial charge < -0.3 is 24.6 Å². The molecule has 0 spiro atoms. The van der Waals surface area contributed by atoms with Gasteiger partial charge in [-0.3, -0.25) is 4.57 Å². The highest BCUT2D eigenvalue weighted by atomic mass is 19.1. The molecule has 10 heteroatoms. The molecule has 41 heavy (non-hydrogen) atoms. The molecule has 0 atom stereocenters. The molecule has 1 aromatic heterocycles. The number of methoxy groups -OCH3 is 1. The topological polar surface area (TPSA) is 88.9 Å². The predicted octanol–water partition coefficient (Wildman–Crippen LogP) is 4.44. The van der Waals surface area contributed by atoms with E-state index in [-0.39, 0.29) is 18.3 Å². The Bertz CT molecular complexity index is 1560. The van der Waals surface area contributed by atoms with Crippen LogP contribution in [0, 0.1) is 20.8 Å². The molecule has 2 fully saturated rings. The first kappa shape index (κ1) is 27.1. The van der Waals surface area contributed by atoms with Crippen molar-refractivity contribution >= 4 is 17.5 Å². The molecule has 9 nitrogen and oxygen atoms in total. The maximum atomic E-state index is 14.3. The van der Waals surface area contributed by atoms with Gasteiger partial charge in [0.1, 0.15) is 18.1 Å². The Morgan fingerprint density at radius 1 is 1.05 bits per heavy atom. The Balaban J connectivity index is 1.42. The van der Waals surface area contributed by atoms with Crippen LogP contribution in [0.3, 0.4) is 0 Å². The van der Waals surface area contributed by atoms with Crippen LogP contribution in [-0.4, -0.2) is 66.0 Å². The number of hydrogen-bond donors (Lipinski definition) is 1. The third-order valence-corrected chi connectivity index (χ3v) is 8.27. The largest absolute Gasteiger partial charge is 0.493 e. The summed E-state index contributed by atoms with van der Waals surface area (Å²) in [5.41, 5.74) is 5.29. The number of benzene rings is 2. The summed E-state index contributed by atoms with van der Waals surface area (Å²) in [6.45, 7) is 8.88. The normalized spacial score (nSPS) is 16.6. The molecule has 2 amide bonds. The highest BCUT2D eigenvalue weighted by molar-refractivity contribution is 5.77. The van der Waals surface area contributed by atoms with E-state index in [0.717, 1.165) is 39.2 Å². The number of carbonyl (C=O) groups excluding carboxylic acids is 1. The summed E-state index contributed by atoms with van der Waals surface area (Å²) in [6.07, 6.45) is 1.66. The monoisotopic (exact) mass is 561 g/mol. The van der Waals surface area contributed by atoms with E-state index in [1.807, 2.05) is 18.2 Å². The van der Waals surface area contributed by atoms with Gasteiger partial charge in [0, 0.05) is 50.0 Å². The molecule has 3 aliphatic rings. The van der Waals surface area contributed by atoms with Gasteiger partial charge in [-0.1, -0.05) is 17.7 Å². The molecule has 1 saturated heterocycles. The lowest BCUT2D eigenvalue weighted by Gasteiger charge is -2.31. The molecular weight excluding hydrogens is 525 g/mol. The number of urea groups is 1. The molecular formula is C31H36FN5O4. The number of aryl methyl sites for hydroxylation is 4. The molecule has 0 bridgehead atoms. The third-order valence-electron chi connectivity index (χ3n) is 8.27. The third kappa shape index (κ3) is 5.23. The van der Waals surface area contributed by atoms with Crippen molar-refractivity contribution in [2.24, 2.45) is 0 Å². The van der Waals surface area contributed by atoms with Crippen LogP contribution in [0.5, 0.6) is 11.5 Å². The molecule has 1 N–H and O–H groups in total. The number of anilines is 2. The number of ether oxygens (including phenoxy) is 2. The minimum absolute atomic E-state index is 0.00547. The van der Waals surface area contributed by atoms with Gasteiger partial charge in [0.2, 0.25) is 0 Å². The highest BCUT2D eigenvalue weighted by Gasteiger charge is 2.44. The summed E-state index contributed by atoms with van der Waals surface area (Å²) in [6, 6.07) is 9.88. The molecule has 2 aromatic carbocycles. The lowest BCUT2D eigenvalue weighted by atomic mass is 9.96. The van der Waals surface area contributed by atoms with Gasteiger partial charge in [-0.15, -0.1) is 0 Å². The smallest absolute Gasteiger partial charge is 0.350 e. The quantitative estimate of drug-likeness (QED) is 0.416. The van der Waals surface area contributed by atoms with E-state index in [4.69, 9.17) is 9.47 Å². The van der Waals surface area contributed by atoms with Crippen LogP contribution in [0.15, 0.2) is 35.1 Å². The summed E-state index contributed by atoms with van der Waals surface area (Å²) in [5.74, 6) is 1.53. The zero-order chi connectivity index (χ0) is 28.9. The fourth-order valence-corrected chi connectivity index (χ4v) is 5.99. The lowest BCUT2D eigenvalue weighted by molar-refractivity contribution is 0.173. The number of nitrogens with zero attached hydrogens (tertiary/aromatic N) is 4. The minimum Gasteiger partial charge on any atom is -0.493 e. The number of amides is 2. The second-order valence-corrected chi connectivity index (χ2v) is 11.4. The molecule has 0 radical (unpaired) electrons. The zero-order valence-corrected chi connectivity index (χ0v) is 24.1. The number of aromatic nitrogens is 2. The number of hydrogen-bond acceptors (Lipinski definition) is 6. The van der Waals surface area contributed by atoms with Crippen LogP contribution in [0.1, 0.15) is 35.1 Å². The van der Waals surface area contributed by atoms with Crippen LogP contribution in [0.25, 0.3) is 11.3 Å². The van der Waals surface area contributed by atoms with E-state index in [0.29, 0.717) is 69.3 Å². The molecule has 1 aliphatic carbocycles. The maximum Gasteiger partial charge on any atom is 0.350 e. The summed E-state index contributed by atoms with van der Waals surface area (Å²) in [4.78, 5) is 34.1. The van der Waals surface area contributed by atoms with Crippen LogP contribution >= 0.6 is 0 Å². The first-order chi connectivity index (χ1) is 19.7. The molecule has 0 unspecified atom stereocenters. The van der Waals surface area contributed by atoms with Crippen molar-refractivity contribution in [1.29, 1.82) is 0 Å². The lowest BCUT2D eigenvalue weighted by Crippen LogP contribution is -2.37. The SMILES string of the molecule is COc1cc2c(cc1OCC1(F)CC1)CCn1c-2cc(N(CCN2CCNC2=O)c2c(C)cc(C)cc2C)nc1=O. The Kier molecular flexibility index (Phi) is 6.87. The number of nitrogens with one attached hydrogen (secondary N) is 1. The van der Waals surface area contributed by atoms with Gasteiger partial charge in [-0.05, 0) is 68.9 Å². The van der Waals surface area contributed by atoms with Gasteiger partial charge in [0.15, 0.2) is 11.5 Å². The van der Waals surface area contributed by atoms with Crippen molar-refractivity contribution in [2.45, 2.75) is 52.2 Å². The van der Waals surface area contributed by atoms with E-state index in [1.54, 1.807) is 16.6 Å². The molecule has 6 rings (SSSR count). The maximum absolute atomic E-state index is 14.3. The van der Waals surface area contributed by atoms with Gasteiger partial charge >= 0.3 is 11.7 Å². The van der Waals surface area contributed by atoms with Crippen LogP contribution in [0.4, 0.5) is 20.7 Å². The molecule has 2 aliphatic heterocycles. The van der Waals surface area contributed by atoms with E-state index >= 15 is 0 Å². The Labute approximate surface area is 238 Å². The number of carbonyl (C=O) groups is 1. The average Bonchev–Trinajstić information content (AvgIpc) is 3.54. The van der Waals surface area contributed by atoms with E-state index in [2.05, 4.69) is 48.1 Å². The summed E-state index contributed by atoms with van der Waals surface area (Å²) in [5, 5.41) is 2.86. The van der Waals surface area contributed by atoms with E-state index in [9.17, 15) is 14.0 Å². The number of fused-ring (bicyclic) bond motifs is 3. The van der Waals surface area contributed by atoms with E-state index in [1.165, 1.54) is 0 Å². The Morgan fingerprint density at radius 3 is 2.46 bits per heavy atom. The van der Waals surface area contributed by atoms with Crippen molar-refractivity contribution < 1.29 is 18.7 Å². The van der Waals surface area contributed by atoms with Crippen molar-refractivity contribution in [2.75, 3.05) is 44.8 Å². The predicted molar refractivity (Wildman–Crippen MR) is 155 cm³/mol. The fraction of sp³-hybridized carbons (Fsp3) is 0.452. The fourth-order valence-electron chi connectivity index (χ4n) is 5.99. The second kappa shape index (κ2) is 10.4. The molecule has 3 aromatic rings. The first-order valence-electron chi connectivity index (χ1n) is 14.2. The number of alkyl halides is 1. The summed E-state index contributed by atoms with van der Waals surface area (Å²) >= 11 is 0. The van der Waals surface area contributed by atoms with Gasteiger partial charge in [-0.25, -0.2) is 14.0 Å². The molecule has 3 heterocycles. The Hall–Kier alpha value is -4.08. The zero-order valence-electron chi connectivity index (χ0n) is 24.1. The Morgan fingerprint density at radius 2 is 1.80 bits per heavy atom. The highest BCUT2D eigenvalue weighted by Crippen LogP contribution is 2.43. The van der Waals surface area contributed by atoms with Gasteiger partial charge in [-0.2, -0.15) is 4.98 Å². The second-order valence-electron chi connectivity index (χ2n) is 11.4. The van der Waals surface area contributed by atoms with Crippen molar-refractivity contribution in [1.82, 2.24) is 19.8 Å². The van der Waals surface area contributed by atoms with Crippen LogP contribution in [-0.2, 0) is 13.0 Å². The standard InChI is InChI=1S/C31H36FN5O4/c1-19-13-20(2)28(21(3)14-19)37(12-11-35-10-8-33-29(35)38)27-17-24-23-16-25(40-4)26(41-18-31(32)6-7-31)15-22(23)5-9-36(24)30(39)34-27/h13-17H,5-12,18H2,1-4H3,(H,33,38). The van der Waals surface area contributed by atoms with Crippen molar-refractivity contribution in [3.8, 4) is 22.8 Å². The molecule has 1 saturated carbocycles. The van der Waals surface area contributed by atoms with Crippen LogP contribution < -0.4 is 25.4 Å². The van der Waals surface area contributed by atoms with Crippen LogP contribution in [0.2, 0.25) is 0 Å². The molecule has 216 valence electrons. The summed E-state index contributed by atoms with van der Waals surface area (Å²) in [7, 11) is 1.56. The van der Waals surface area contributed by atoms with Crippen molar-refractivity contribution in [3.63, 3.8) is 0 Å².